The van der Waals surface area contributed by atoms with Crippen LogP contribution in [0.4, 0.5) is 0 Å². The molecule has 1 unspecified atom stereocenters. The maximum Gasteiger partial charge on any atom is 0.133 e. The van der Waals surface area contributed by atoms with Gasteiger partial charge in [0.2, 0.25) is 0 Å². The van der Waals surface area contributed by atoms with Crippen molar-refractivity contribution in [3.05, 3.63) is 28.2 Å². The quantitative estimate of drug-likeness (QED) is 0.857. The highest BCUT2D eigenvalue weighted by Gasteiger charge is 2.13. The summed E-state index contributed by atoms with van der Waals surface area (Å²) in [6.07, 6.45) is 3.39. The largest absolute Gasteiger partial charge is 0.496 e. The van der Waals surface area contributed by atoms with Crippen LogP contribution in [0.2, 0.25) is 0 Å². The van der Waals surface area contributed by atoms with E-state index in [0.29, 0.717) is 5.41 Å². The van der Waals surface area contributed by atoms with Crippen LogP contribution < -0.4 is 10.5 Å². The molecule has 0 aliphatic carbocycles. The number of hydrogen-bond acceptors (Lipinski definition) is 2. The highest BCUT2D eigenvalue weighted by Crippen LogP contribution is 2.30. The molecule has 3 heteroatoms. The van der Waals surface area contributed by atoms with Gasteiger partial charge in [0, 0.05) is 6.04 Å². The molecule has 0 aliphatic heterocycles. The average Bonchev–Trinajstić information content (AvgIpc) is 2.27. The molecule has 102 valence electrons. The van der Waals surface area contributed by atoms with Crippen LogP contribution in [-0.4, -0.2) is 7.11 Å². The summed E-state index contributed by atoms with van der Waals surface area (Å²) in [5.74, 6) is 0.848. The molecular formula is C15H24BrNO. The fourth-order valence-corrected chi connectivity index (χ4v) is 2.49. The van der Waals surface area contributed by atoms with Gasteiger partial charge in [-0.1, -0.05) is 33.3 Å². The normalized spacial score (nSPS) is 13.4. The summed E-state index contributed by atoms with van der Waals surface area (Å²) in [6.45, 7) is 6.80. The molecule has 0 radical (unpaired) electrons. The summed E-state index contributed by atoms with van der Waals surface area (Å²) in [5, 5.41) is 0. The standard InChI is InChI=1S/C15H24BrNO/c1-15(2,3)9-5-6-13(17)11-7-8-14(18-4)12(16)10-11/h7-8,10,13H,5-6,9,17H2,1-4H3. The Kier molecular flexibility index (Phi) is 5.67. The maximum absolute atomic E-state index is 6.22. The second-order valence-corrected chi connectivity index (χ2v) is 6.81. The molecule has 0 heterocycles. The van der Waals surface area contributed by atoms with E-state index >= 15 is 0 Å². The Hall–Kier alpha value is -0.540. The van der Waals surface area contributed by atoms with Crippen LogP contribution >= 0.6 is 15.9 Å². The van der Waals surface area contributed by atoms with Gasteiger partial charge in [0.1, 0.15) is 5.75 Å². The van der Waals surface area contributed by atoms with Crippen molar-refractivity contribution < 1.29 is 4.74 Å². The molecular weight excluding hydrogens is 290 g/mol. The van der Waals surface area contributed by atoms with Crippen molar-refractivity contribution in [2.45, 2.75) is 46.1 Å². The summed E-state index contributed by atoms with van der Waals surface area (Å²) in [5.41, 5.74) is 7.78. The SMILES string of the molecule is COc1ccc(C(N)CCCC(C)(C)C)cc1Br. The van der Waals surface area contributed by atoms with E-state index in [1.54, 1.807) is 7.11 Å². The number of benzene rings is 1. The van der Waals surface area contributed by atoms with Gasteiger partial charge in [-0.05, 0) is 51.9 Å². The molecule has 0 aromatic heterocycles. The first kappa shape index (κ1) is 15.5. The molecule has 1 atom stereocenters. The van der Waals surface area contributed by atoms with E-state index in [4.69, 9.17) is 10.5 Å². The summed E-state index contributed by atoms with van der Waals surface area (Å²) in [7, 11) is 1.67. The van der Waals surface area contributed by atoms with Crippen LogP contribution in [0.5, 0.6) is 5.75 Å². The molecule has 0 saturated heterocycles. The maximum atomic E-state index is 6.22. The third kappa shape index (κ3) is 4.99. The van der Waals surface area contributed by atoms with Crippen molar-refractivity contribution in [3.8, 4) is 5.75 Å². The molecule has 1 aromatic rings. The highest BCUT2D eigenvalue weighted by molar-refractivity contribution is 9.10. The van der Waals surface area contributed by atoms with Crippen molar-refractivity contribution in [1.29, 1.82) is 0 Å². The molecule has 1 rings (SSSR count). The Morgan fingerprint density at radius 3 is 2.50 bits per heavy atom. The summed E-state index contributed by atoms with van der Waals surface area (Å²) in [4.78, 5) is 0. The Labute approximate surface area is 119 Å². The number of methoxy groups -OCH3 is 1. The zero-order valence-electron chi connectivity index (χ0n) is 11.8. The smallest absolute Gasteiger partial charge is 0.133 e. The zero-order valence-corrected chi connectivity index (χ0v) is 13.4. The van der Waals surface area contributed by atoms with E-state index in [2.05, 4.69) is 42.8 Å². The van der Waals surface area contributed by atoms with E-state index in [9.17, 15) is 0 Å². The van der Waals surface area contributed by atoms with Crippen molar-refractivity contribution in [3.63, 3.8) is 0 Å². The van der Waals surface area contributed by atoms with Crippen molar-refractivity contribution in [2.75, 3.05) is 7.11 Å². The Bertz CT molecular complexity index is 385. The lowest BCUT2D eigenvalue weighted by atomic mass is 9.88. The van der Waals surface area contributed by atoms with Gasteiger partial charge in [0.15, 0.2) is 0 Å². The van der Waals surface area contributed by atoms with Gasteiger partial charge in [-0.3, -0.25) is 0 Å². The number of hydrogen-bond donors (Lipinski definition) is 1. The van der Waals surface area contributed by atoms with Crippen molar-refractivity contribution >= 4 is 15.9 Å². The molecule has 18 heavy (non-hydrogen) atoms. The predicted octanol–water partition coefficient (Wildman–Crippen LogP) is 4.67. The number of ether oxygens (including phenoxy) is 1. The van der Waals surface area contributed by atoms with Crippen LogP contribution in [0.3, 0.4) is 0 Å². The first-order valence-electron chi connectivity index (χ1n) is 6.42. The second-order valence-electron chi connectivity index (χ2n) is 5.95. The van der Waals surface area contributed by atoms with Gasteiger partial charge in [-0.15, -0.1) is 0 Å². The Balaban J connectivity index is 2.56. The van der Waals surface area contributed by atoms with Crippen LogP contribution in [0, 0.1) is 5.41 Å². The molecule has 0 amide bonds. The Morgan fingerprint density at radius 2 is 2.00 bits per heavy atom. The van der Waals surface area contributed by atoms with Gasteiger partial charge in [0.05, 0.1) is 11.6 Å². The van der Waals surface area contributed by atoms with E-state index in [-0.39, 0.29) is 6.04 Å². The van der Waals surface area contributed by atoms with Gasteiger partial charge >= 0.3 is 0 Å². The minimum absolute atomic E-state index is 0.106. The fraction of sp³-hybridized carbons (Fsp3) is 0.600. The molecule has 1 aromatic carbocycles. The van der Waals surface area contributed by atoms with Crippen LogP contribution in [0.15, 0.2) is 22.7 Å². The van der Waals surface area contributed by atoms with Crippen LogP contribution in [0.25, 0.3) is 0 Å². The van der Waals surface area contributed by atoms with Gasteiger partial charge in [0.25, 0.3) is 0 Å². The molecule has 0 saturated carbocycles. The number of halogens is 1. The topological polar surface area (TPSA) is 35.2 Å². The first-order valence-corrected chi connectivity index (χ1v) is 7.22. The van der Waals surface area contributed by atoms with Crippen molar-refractivity contribution in [1.82, 2.24) is 0 Å². The Morgan fingerprint density at radius 1 is 1.33 bits per heavy atom. The number of nitrogens with two attached hydrogens (primary N) is 1. The monoisotopic (exact) mass is 313 g/mol. The van der Waals surface area contributed by atoms with E-state index < -0.39 is 0 Å². The minimum atomic E-state index is 0.106. The van der Waals surface area contributed by atoms with Gasteiger partial charge in [-0.25, -0.2) is 0 Å². The molecule has 0 fully saturated rings. The van der Waals surface area contributed by atoms with Gasteiger partial charge in [-0.2, -0.15) is 0 Å². The third-order valence-corrected chi connectivity index (χ3v) is 3.67. The van der Waals surface area contributed by atoms with E-state index in [1.165, 1.54) is 6.42 Å². The van der Waals surface area contributed by atoms with E-state index in [0.717, 1.165) is 28.6 Å². The molecule has 2 nitrogen and oxygen atoms in total. The lowest BCUT2D eigenvalue weighted by molar-refractivity contribution is 0.353. The highest BCUT2D eigenvalue weighted by atomic mass is 79.9. The van der Waals surface area contributed by atoms with Crippen LogP contribution in [-0.2, 0) is 0 Å². The fourth-order valence-electron chi connectivity index (χ4n) is 1.93. The van der Waals surface area contributed by atoms with E-state index in [1.807, 2.05) is 12.1 Å². The molecule has 0 aliphatic rings. The summed E-state index contributed by atoms with van der Waals surface area (Å²) >= 11 is 3.49. The summed E-state index contributed by atoms with van der Waals surface area (Å²) < 4.78 is 6.18. The summed E-state index contributed by atoms with van der Waals surface area (Å²) in [6, 6.07) is 6.17. The molecule has 2 N–H and O–H groups in total. The minimum Gasteiger partial charge on any atom is -0.496 e. The van der Waals surface area contributed by atoms with Crippen LogP contribution in [0.1, 0.15) is 51.6 Å². The number of rotatable bonds is 5. The zero-order chi connectivity index (χ0) is 13.8. The average molecular weight is 314 g/mol. The van der Waals surface area contributed by atoms with Gasteiger partial charge < -0.3 is 10.5 Å². The molecule has 0 bridgehead atoms. The third-order valence-electron chi connectivity index (χ3n) is 3.05. The lowest BCUT2D eigenvalue weighted by Crippen LogP contribution is -2.12. The first-order chi connectivity index (χ1) is 8.33. The lowest BCUT2D eigenvalue weighted by Gasteiger charge is -2.19. The molecule has 0 spiro atoms. The second kappa shape index (κ2) is 6.58. The van der Waals surface area contributed by atoms with Crippen molar-refractivity contribution in [2.24, 2.45) is 11.1 Å². The predicted molar refractivity (Wildman–Crippen MR) is 80.9 cm³/mol.